The molecule has 13 heavy (non-hydrogen) atoms. The van der Waals surface area contributed by atoms with Crippen molar-refractivity contribution in [3.05, 3.63) is 34.9 Å². The highest BCUT2D eigenvalue weighted by Gasteiger charge is 1.97. The Kier molecular flexibility index (Phi) is 4.64. The fourth-order valence-corrected chi connectivity index (χ4v) is 1.94. The van der Waals surface area contributed by atoms with E-state index in [4.69, 9.17) is 16.7 Å². The zero-order valence-corrected chi connectivity index (χ0v) is 9.11. The van der Waals surface area contributed by atoms with Gasteiger partial charge in [-0.25, -0.2) is 0 Å². The molecule has 1 N–H and O–H groups in total. The minimum Gasteiger partial charge on any atom is -0.393 e. The van der Waals surface area contributed by atoms with Crippen LogP contribution in [0, 0.1) is 0 Å². The fraction of sp³-hybridized carbons (Fsp3) is 0.400. The molecule has 3 heteroatoms. The molecule has 0 radical (unpaired) electrons. The summed E-state index contributed by atoms with van der Waals surface area (Å²) in [6.07, 6.45) is -0.225. The van der Waals surface area contributed by atoms with Crippen LogP contribution in [0.3, 0.4) is 0 Å². The van der Waals surface area contributed by atoms with Gasteiger partial charge >= 0.3 is 0 Å². The number of rotatable bonds is 4. The molecule has 1 aromatic carbocycles. The molecule has 0 bridgehead atoms. The first-order valence-electron chi connectivity index (χ1n) is 4.19. The van der Waals surface area contributed by atoms with Crippen LogP contribution in [0.1, 0.15) is 12.5 Å². The lowest BCUT2D eigenvalue weighted by Gasteiger charge is -2.03. The third kappa shape index (κ3) is 4.55. The largest absolute Gasteiger partial charge is 0.393 e. The highest BCUT2D eigenvalue weighted by atomic mass is 35.5. The zero-order chi connectivity index (χ0) is 9.68. The van der Waals surface area contributed by atoms with Crippen molar-refractivity contribution >= 4 is 23.4 Å². The van der Waals surface area contributed by atoms with Crippen LogP contribution in [-0.2, 0) is 5.75 Å². The predicted molar refractivity (Wildman–Crippen MR) is 59.3 cm³/mol. The molecule has 0 aliphatic carbocycles. The number of hydrogen-bond donors (Lipinski definition) is 1. The summed E-state index contributed by atoms with van der Waals surface area (Å²) >= 11 is 7.48. The molecular formula is C10H13ClOS. The zero-order valence-electron chi connectivity index (χ0n) is 7.53. The molecule has 0 amide bonds. The Morgan fingerprint density at radius 3 is 2.54 bits per heavy atom. The molecule has 0 fully saturated rings. The van der Waals surface area contributed by atoms with E-state index in [1.165, 1.54) is 5.56 Å². The third-order valence-electron chi connectivity index (χ3n) is 1.54. The number of benzene rings is 1. The first kappa shape index (κ1) is 10.9. The molecule has 0 aromatic heterocycles. The van der Waals surface area contributed by atoms with E-state index in [0.717, 1.165) is 16.5 Å². The average Bonchev–Trinajstić information content (AvgIpc) is 2.08. The van der Waals surface area contributed by atoms with Gasteiger partial charge in [-0.2, -0.15) is 11.8 Å². The Morgan fingerprint density at radius 1 is 1.38 bits per heavy atom. The van der Waals surface area contributed by atoms with Gasteiger partial charge in [0, 0.05) is 16.5 Å². The molecule has 1 atom stereocenters. The molecule has 0 saturated carbocycles. The Labute approximate surface area is 88.1 Å². The second-order valence-electron chi connectivity index (χ2n) is 2.99. The van der Waals surface area contributed by atoms with Crippen molar-refractivity contribution in [2.24, 2.45) is 0 Å². The molecule has 0 spiro atoms. The van der Waals surface area contributed by atoms with Crippen molar-refractivity contribution in [2.45, 2.75) is 18.8 Å². The van der Waals surface area contributed by atoms with Gasteiger partial charge in [0.05, 0.1) is 6.10 Å². The lowest BCUT2D eigenvalue weighted by Crippen LogP contribution is -2.02. The van der Waals surface area contributed by atoms with E-state index in [0.29, 0.717) is 0 Å². The normalized spacial score (nSPS) is 12.8. The summed E-state index contributed by atoms with van der Waals surface area (Å²) in [5.41, 5.74) is 1.25. The van der Waals surface area contributed by atoms with Gasteiger partial charge < -0.3 is 5.11 Å². The quantitative estimate of drug-likeness (QED) is 0.835. The summed E-state index contributed by atoms with van der Waals surface area (Å²) in [5.74, 6) is 1.71. The number of halogens is 1. The highest BCUT2D eigenvalue weighted by Crippen LogP contribution is 2.15. The third-order valence-corrected chi connectivity index (χ3v) is 3.05. The van der Waals surface area contributed by atoms with E-state index >= 15 is 0 Å². The van der Waals surface area contributed by atoms with Crippen molar-refractivity contribution in [1.29, 1.82) is 0 Å². The number of hydrogen-bond acceptors (Lipinski definition) is 2. The average molecular weight is 217 g/mol. The monoisotopic (exact) mass is 216 g/mol. The van der Waals surface area contributed by atoms with Gasteiger partial charge in [-0.05, 0) is 24.6 Å². The van der Waals surface area contributed by atoms with Crippen molar-refractivity contribution < 1.29 is 5.11 Å². The van der Waals surface area contributed by atoms with Crippen LogP contribution in [0.15, 0.2) is 24.3 Å². The maximum atomic E-state index is 9.03. The summed E-state index contributed by atoms with van der Waals surface area (Å²) in [6.45, 7) is 1.80. The van der Waals surface area contributed by atoms with Gasteiger partial charge in [0.2, 0.25) is 0 Å². The molecule has 1 nitrogen and oxygen atoms in total. The van der Waals surface area contributed by atoms with Gasteiger partial charge in [-0.15, -0.1) is 0 Å². The maximum absolute atomic E-state index is 9.03. The van der Waals surface area contributed by atoms with Gasteiger partial charge in [-0.3, -0.25) is 0 Å². The first-order valence-corrected chi connectivity index (χ1v) is 5.72. The van der Waals surface area contributed by atoms with Crippen LogP contribution < -0.4 is 0 Å². The van der Waals surface area contributed by atoms with E-state index in [2.05, 4.69) is 0 Å². The van der Waals surface area contributed by atoms with Gasteiger partial charge in [0.15, 0.2) is 0 Å². The second kappa shape index (κ2) is 5.53. The SMILES string of the molecule is C[C@@H](O)CSCc1ccc(Cl)cc1. The summed E-state index contributed by atoms with van der Waals surface area (Å²) in [7, 11) is 0. The molecule has 0 aliphatic rings. The Hall–Kier alpha value is -0.180. The number of aliphatic hydroxyl groups excluding tert-OH is 1. The van der Waals surface area contributed by atoms with Crippen molar-refractivity contribution in [3.63, 3.8) is 0 Å². The Bertz CT molecular complexity index is 246. The molecule has 1 aromatic rings. The Morgan fingerprint density at radius 2 is 2.00 bits per heavy atom. The molecule has 72 valence electrons. The van der Waals surface area contributed by atoms with Crippen LogP contribution in [-0.4, -0.2) is 17.0 Å². The van der Waals surface area contributed by atoms with Crippen LogP contribution in [0.5, 0.6) is 0 Å². The van der Waals surface area contributed by atoms with Crippen molar-refractivity contribution in [2.75, 3.05) is 5.75 Å². The topological polar surface area (TPSA) is 20.2 Å². The van der Waals surface area contributed by atoms with Crippen LogP contribution in [0.25, 0.3) is 0 Å². The smallest absolute Gasteiger partial charge is 0.0602 e. The molecule has 0 aliphatic heterocycles. The van der Waals surface area contributed by atoms with Crippen LogP contribution in [0.2, 0.25) is 5.02 Å². The Balaban J connectivity index is 2.33. The maximum Gasteiger partial charge on any atom is 0.0602 e. The van der Waals surface area contributed by atoms with Crippen LogP contribution in [0.4, 0.5) is 0 Å². The van der Waals surface area contributed by atoms with E-state index in [9.17, 15) is 0 Å². The highest BCUT2D eigenvalue weighted by molar-refractivity contribution is 7.98. The van der Waals surface area contributed by atoms with E-state index in [1.807, 2.05) is 24.3 Å². The van der Waals surface area contributed by atoms with E-state index in [1.54, 1.807) is 18.7 Å². The standard InChI is InChI=1S/C10H13ClOS/c1-8(12)6-13-7-9-2-4-10(11)5-3-9/h2-5,8,12H,6-7H2,1H3/t8-/m1/s1. The second-order valence-corrected chi connectivity index (χ2v) is 4.46. The summed E-state index contributed by atoms with van der Waals surface area (Å²) in [5, 5.41) is 9.80. The van der Waals surface area contributed by atoms with E-state index < -0.39 is 0 Å². The van der Waals surface area contributed by atoms with Gasteiger partial charge in [0.1, 0.15) is 0 Å². The molecule has 0 heterocycles. The summed E-state index contributed by atoms with van der Waals surface area (Å²) < 4.78 is 0. The summed E-state index contributed by atoms with van der Waals surface area (Å²) in [4.78, 5) is 0. The fourth-order valence-electron chi connectivity index (χ4n) is 0.928. The van der Waals surface area contributed by atoms with Crippen molar-refractivity contribution in [1.82, 2.24) is 0 Å². The minimum atomic E-state index is -0.225. The lowest BCUT2D eigenvalue weighted by atomic mass is 10.2. The van der Waals surface area contributed by atoms with Crippen LogP contribution >= 0.6 is 23.4 Å². The molecule has 0 saturated heterocycles. The van der Waals surface area contributed by atoms with Gasteiger partial charge in [0.25, 0.3) is 0 Å². The molecular weight excluding hydrogens is 204 g/mol. The predicted octanol–water partition coefficient (Wildman–Crippen LogP) is 2.95. The minimum absolute atomic E-state index is 0.225. The molecule has 0 unspecified atom stereocenters. The van der Waals surface area contributed by atoms with E-state index in [-0.39, 0.29) is 6.10 Å². The molecule has 1 rings (SSSR count). The number of aliphatic hydroxyl groups is 1. The summed E-state index contributed by atoms with van der Waals surface area (Å²) in [6, 6.07) is 7.80. The van der Waals surface area contributed by atoms with Gasteiger partial charge in [-0.1, -0.05) is 23.7 Å². The van der Waals surface area contributed by atoms with Crippen molar-refractivity contribution in [3.8, 4) is 0 Å². The lowest BCUT2D eigenvalue weighted by molar-refractivity contribution is 0.220. The first-order chi connectivity index (χ1) is 6.18. The number of thioether (sulfide) groups is 1.